The molecule has 0 aromatic heterocycles. The van der Waals surface area contributed by atoms with E-state index in [0.717, 1.165) is 12.1 Å². The zero-order chi connectivity index (χ0) is 18.1. The van der Waals surface area contributed by atoms with E-state index < -0.39 is 0 Å². The summed E-state index contributed by atoms with van der Waals surface area (Å²) in [7, 11) is 0. The van der Waals surface area contributed by atoms with E-state index in [-0.39, 0.29) is 41.8 Å². The standard InChI is InChI=1S/C17H26Cl2N4O.HI/c1-5-20-17(22-9-8-21-16(24)11(2)3)23-12(4)13-6-7-14(18)15(19)10-13;/h6-7,10-12H,5,8-9H2,1-4H3,(H,21,24)(H2,20,22,23);1H. The molecule has 0 heterocycles. The van der Waals surface area contributed by atoms with Gasteiger partial charge in [-0.05, 0) is 31.5 Å². The van der Waals surface area contributed by atoms with Gasteiger partial charge in [0, 0.05) is 19.0 Å². The number of rotatable bonds is 7. The van der Waals surface area contributed by atoms with E-state index in [2.05, 4.69) is 20.9 Å². The Bertz CT molecular complexity index is 582. The van der Waals surface area contributed by atoms with Gasteiger partial charge in [0.1, 0.15) is 0 Å². The van der Waals surface area contributed by atoms with Gasteiger partial charge in [-0.15, -0.1) is 24.0 Å². The Morgan fingerprint density at radius 2 is 1.84 bits per heavy atom. The van der Waals surface area contributed by atoms with Crippen LogP contribution >= 0.6 is 47.2 Å². The molecule has 1 amide bonds. The monoisotopic (exact) mass is 500 g/mol. The van der Waals surface area contributed by atoms with E-state index in [0.29, 0.717) is 29.1 Å². The largest absolute Gasteiger partial charge is 0.357 e. The Morgan fingerprint density at radius 3 is 2.40 bits per heavy atom. The molecule has 0 bridgehead atoms. The summed E-state index contributed by atoms with van der Waals surface area (Å²) in [4.78, 5) is 16.0. The highest BCUT2D eigenvalue weighted by Crippen LogP contribution is 2.25. The van der Waals surface area contributed by atoms with Crippen LogP contribution in [0.25, 0.3) is 0 Å². The van der Waals surface area contributed by atoms with Gasteiger partial charge in [-0.1, -0.05) is 43.1 Å². The Labute approximate surface area is 177 Å². The van der Waals surface area contributed by atoms with Crippen molar-refractivity contribution in [1.29, 1.82) is 0 Å². The summed E-state index contributed by atoms with van der Waals surface area (Å²) in [6.07, 6.45) is 0. The molecule has 3 N–H and O–H groups in total. The molecule has 5 nitrogen and oxygen atoms in total. The van der Waals surface area contributed by atoms with E-state index in [1.807, 2.05) is 39.8 Å². The fourth-order valence-electron chi connectivity index (χ4n) is 1.94. The van der Waals surface area contributed by atoms with Gasteiger partial charge in [-0.25, -0.2) is 0 Å². The quantitative estimate of drug-likeness (QED) is 0.229. The number of aliphatic imine (C=N–C) groups is 1. The molecule has 8 heteroatoms. The molecular weight excluding hydrogens is 474 g/mol. The van der Waals surface area contributed by atoms with Gasteiger partial charge < -0.3 is 16.0 Å². The van der Waals surface area contributed by atoms with Crippen molar-refractivity contribution in [3.63, 3.8) is 0 Å². The second kappa shape index (κ2) is 12.6. The summed E-state index contributed by atoms with van der Waals surface area (Å²) >= 11 is 12.0. The SMILES string of the molecule is CCNC(=NCCNC(=O)C(C)C)NC(C)c1ccc(Cl)c(Cl)c1.I. The molecule has 0 aliphatic carbocycles. The van der Waals surface area contributed by atoms with Gasteiger partial charge in [0.05, 0.1) is 22.6 Å². The van der Waals surface area contributed by atoms with Gasteiger partial charge in [0.2, 0.25) is 5.91 Å². The highest BCUT2D eigenvalue weighted by molar-refractivity contribution is 14.0. The summed E-state index contributed by atoms with van der Waals surface area (Å²) in [6.45, 7) is 9.51. The zero-order valence-electron chi connectivity index (χ0n) is 15.0. The lowest BCUT2D eigenvalue weighted by atomic mass is 10.1. The van der Waals surface area contributed by atoms with Crippen LogP contribution in [-0.4, -0.2) is 31.5 Å². The number of carbonyl (C=O) groups is 1. The first-order valence-electron chi connectivity index (χ1n) is 8.12. The lowest BCUT2D eigenvalue weighted by Crippen LogP contribution is -2.39. The second-order valence-electron chi connectivity index (χ2n) is 5.75. The molecule has 1 rings (SSSR count). The average molecular weight is 501 g/mol. The highest BCUT2D eigenvalue weighted by atomic mass is 127. The fraction of sp³-hybridized carbons (Fsp3) is 0.529. The molecule has 1 aromatic rings. The van der Waals surface area contributed by atoms with E-state index in [4.69, 9.17) is 23.2 Å². The summed E-state index contributed by atoms with van der Waals surface area (Å²) in [5.41, 5.74) is 1.02. The minimum Gasteiger partial charge on any atom is -0.357 e. The lowest BCUT2D eigenvalue weighted by Gasteiger charge is -2.18. The number of carbonyl (C=O) groups excluding carboxylic acids is 1. The van der Waals surface area contributed by atoms with Crippen molar-refractivity contribution in [1.82, 2.24) is 16.0 Å². The number of halogens is 3. The minimum absolute atomic E-state index is 0. The summed E-state index contributed by atoms with van der Waals surface area (Å²) in [6, 6.07) is 5.57. The maximum Gasteiger partial charge on any atom is 0.222 e. The van der Waals surface area contributed by atoms with Crippen LogP contribution in [0.15, 0.2) is 23.2 Å². The molecule has 0 aliphatic heterocycles. The Morgan fingerprint density at radius 1 is 1.16 bits per heavy atom. The van der Waals surface area contributed by atoms with Crippen LogP contribution in [0.1, 0.15) is 39.3 Å². The van der Waals surface area contributed by atoms with Gasteiger partial charge in [-0.2, -0.15) is 0 Å². The average Bonchev–Trinajstić information content (AvgIpc) is 2.53. The number of hydrogen-bond acceptors (Lipinski definition) is 2. The Balaban J connectivity index is 0.00000576. The molecule has 0 fully saturated rings. The van der Waals surface area contributed by atoms with E-state index >= 15 is 0 Å². The first kappa shape index (κ1) is 24.3. The minimum atomic E-state index is -0.0185. The summed E-state index contributed by atoms with van der Waals surface area (Å²) in [5.74, 6) is 0.706. The van der Waals surface area contributed by atoms with Crippen LogP contribution in [0.2, 0.25) is 10.0 Å². The number of hydrogen-bond donors (Lipinski definition) is 3. The third-order valence-electron chi connectivity index (χ3n) is 3.35. The molecule has 0 aliphatic rings. The van der Waals surface area contributed by atoms with Gasteiger partial charge in [0.15, 0.2) is 5.96 Å². The first-order valence-corrected chi connectivity index (χ1v) is 8.88. The number of guanidine groups is 1. The predicted molar refractivity (Wildman–Crippen MR) is 117 cm³/mol. The predicted octanol–water partition coefficient (Wildman–Crippen LogP) is 4.00. The number of nitrogens with one attached hydrogen (secondary N) is 3. The molecule has 0 radical (unpaired) electrons. The fourth-order valence-corrected chi connectivity index (χ4v) is 2.25. The molecule has 0 spiro atoms. The van der Waals surface area contributed by atoms with Crippen molar-refractivity contribution in [3.05, 3.63) is 33.8 Å². The van der Waals surface area contributed by atoms with Crippen LogP contribution in [0.3, 0.4) is 0 Å². The van der Waals surface area contributed by atoms with Crippen LogP contribution in [0.5, 0.6) is 0 Å². The summed E-state index contributed by atoms with van der Waals surface area (Å²) in [5, 5.41) is 10.4. The van der Waals surface area contributed by atoms with Crippen molar-refractivity contribution in [2.45, 2.75) is 33.7 Å². The number of benzene rings is 1. The molecule has 1 atom stereocenters. The van der Waals surface area contributed by atoms with Crippen molar-refractivity contribution in [2.75, 3.05) is 19.6 Å². The van der Waals surface area contributed by atoms with Crippen LogP contribution in [0, 0.1) is 5.92 Å². The van der Waals surface area contributed by atoms with E-state index in [9.17, 15) is 4.79 Å². The molecule has 25 heavy (non-hydrogen) atoms. The number of nitrogens with zero attached hydrogens (tertiary/aromatic N) is 1. The highest BCUT2D eigenvalue weighted by Gasteiger charge is 2.10. The molecule has 0 saturated carbocycles. The molecule has 1 unspecified atom stereocenters. The molecule has 142 valence electrons. The molecule has 0 saturated heterocycles. The lowest BCUT2D eigenvalue weighted by molar-refractivity contribution is -0.123. The molecular formula is C17H27Cl2IN4O. The third kappa shape index (κ3) is 8.96. The van der Waals surface area contributed by atoms with Crippen molar-refractivity contribution >= 4 is 59.0 Å². The smallest absolute Gasteiger partial charge is 0.222 e. The summed E-state index contributed by atoms with van der Waals surface area (Å²) < 4.78 is 0. The van der Waals surface area contributed by atoms with Crippen molar-refractivity contribution in [2.24, 2.45) is 10.9 Å². The first-order chi connectivity index (χ1) is 11.3. The van der Waals surface area contributed by atoms with Gasteiger partial charge >= 0.3 is 0 Å². The normalized spacial score (nSPS) is 12.4. The Hall–Kier alpha value is -0.730. The van der Waals surface area contributed by atoms with Gasteiger partial charge in [-0.3, -0.25) is 9.79 Å². The topological polar surface area (TPSA) is 65.5 Å². The van der Waals surface area contributed by atoms with Gasteiger partial charge in [0.25, 0.3) is 0 Å². The van der Waals surface area contributed by atoms with E-state index in [1.54, 1.807) is 6.07 Å². The third-order valence-corrected chi connectivity index (χ3v) is 4.09. The van der Waals surface area contributed by atoms with E-state index in [1.165, 1.54) is 0 Å². The zero-order valence-corrected chi connectivity index (χ0v) is 18.9. The van der Waals surface area contributed by atoms with Crippen LogP contribution in [0.4, 0.5) is 0 Å². The second-order valence-corrected chi connectivity index (χ2v) is 6.56. The Kier molecular flexibility index (Phi) is 12.2. The number of amides is 1. The van der Waals surface area contributed by atoms with Crippen molar-refractivity contribution < 1.29 is 4.79 Å². The molecule has 1 aromatic carbocycles. The van der Waals surface area contributed by atoms with Crippen LogP contribution in [-0.2, 0) is 4.79 Å². The maximum absolute atomic E-state index is 11.5. The maximum atomic E-state index is 11.5. The van der Waals surface area contributed by atoms with Crippen LogP contribution < -0.4 is 16.0 Å². The van der Waals surface area contributed by atoms with Crippen molar-refractivity contribution in [3.8, 4) is 0 Å².